The smallest absolute Gasteiger partial charge is 0.310 e. The maximum absolute atomic E-state index is 13.5. The van der Waals surface area contributed by atoms with Crippen LogP contribution in [0.25, 0.3) is 0 Å². The molecule has 0 heterocycles. The second-order valence-corrected chi connectivity index (χ2v) is 6.51. The first-order valence-corrected chi connectivity index (χ1v) is 7.68. The molecule has 22 heavy (non-hydrogen) atoms. The van der Waals surface area contributed by atoms with Crippen molar-refractivity contribution in [2.24, 2.45) is 5.41 Å². The molecule has 1 saturated carbocycles. The van der Waals surface area contributed by atoms with Gasteiger partial charge in [-0.3, -0.25) is 9.59 Å². The first-order valence-electron chi connectivity index (χ1n) is 6.92. The Hall–Kier alpha value is -1.33. The zero-order chi connectivity index (χ0) is 16.5. The van der Waals surface area contributed by atoms with Crippen molar-refractivity contribution in [1.82, 2.24) is 5.32 Å². The van der Waals surface area contributed by atoms with Crippen LogP contribution >= 0.6 is 23.2 Å². The van der Waals surface area contributed by atoms with Crippen LogP contribution in [0.2, 0.25) is 10.0 Å². The summed E-state index contributed by atoms with van der Waals surface area (Å²) in [6.45, 7) is 1.65. The zero-order valence-electron chi connectivity index (χ0n) is 12.0. The van der Waals surface area contributed by atoms with Crippen LogP contribution in [0.1, 0.15) is 44.2 Å². The van der Waals surface area contributed by atoms with Crippen molar-refractivity contribution in [3.63, 3.8) is 0 Å². The van der Waals surface area contributed by atoms with Gasteiger partial charge in [-0.1, -0.05) is 29.6 Å². The van der Waals surface area contributed by atoms with Gasteiger partial charge in [0.1, 0.15) is 5.82 Å². The van der Waals surface area contributed by atoms with Gasteiger partial charge in [0.25, 0.3) is 0 Å². The highest BCUT2D eigenvalue weighted by molar-refractivity contribution is 6.35. The topological polar surface area (TPSA) is 66.4 Å². The van der Waals surface area contributed by atoms with E-state index in [1.807, 2.05) is 0 Å². The molecule has 1 aromatic rings. The number of halogens is 3. The Labute approximate surface area is 137 Å². The third kappa shape index (κ3) is 3.36. The molecule has 1 aliphatic carbocycles. The summed E-state index contributed by atoms with van der Waals surface area (Å²) in [7, 11) is 0. The molecule has 1 fully saturated rings. The first kappa shape index (κ1) is 17.0. The number of amides is 1. The Morgan fingerprint density at radius 1 is 1.36 bits per heavy atom. The lowest BCUT2D eigenvalue weighted by atomic mass is 9.66. The molecule has 1 aliphatic rings. The van der Waals surface area contributed by atoms with Gasteiger partial charge in [-0.2, -0.15) is 0 Å². The van der Waals surface area contributed by atoms with Gasteiger partial charge in [0.05, 0.1) is 16.5 Å². The number of hydrogen-bond acceptors (Lipinski definition) is 2. The molecule has 0 bridgehead atoms. The van der Waals surface area contributed by atoms with Crippen LogP contribution in [0.5, 0.6) is 0 Å². The highest BCUT2D eigenvalue weighted by Crippen LogP contribution is 2.44. The van der Waals surface area contributed by atoms with E-state index in [0.717, 1.165) is 6.42 Å². The SMILES string of the molecule is CC(NC(=O)CC1(C(=O)O)CCC1)c1cc(F)c(Cl)cc1Cl. The van der Waals surface area contributed by atoms with Crippen LogP contribution in [0, 0.1) is 11.2 Å². The van der Waals surface area contributed by atoms with Gasteiger partial charge in [0, 0.05) is 11.4 Å². The van der Waals surface area contributed by atoms with Gasteiger partial charge >= 0.3 is 5.97 Å². The Morgan fingerprint density at radius 2 is 2.00 bits per heavy atom. The summed E-state index contributed by atoms with van der Waals surface area (Å²) in [5, 5.41) is 12.1. The van der Waals surface area contributed by atoms with Crippen molar-refractivity contribution in [3.8, 4) is 0 Å². The fourth-order valence-electron chi connectivity index (χ4n) is 2.62. The van der Waals surface area contributed by atoms with Crippen LogP contribution in [0.3, 0.4) is 0 Å². The Balaban J connectivity index is 2.06. The normalized spacial score (nSPS) is 17.5. The van der Waals surface area contributed by atoms with Crippen molar-refractivity contribution < 1.29 is 19.1 Å². The van der Waals surface area contributed by atoms with Crippen LogP contribution in [-0.4, -0.2) is 17.0 Å². The van der Waals surface area contributed by atoms with Crippen molar-refractivity contribution in [2.75, 3.05) is 0 Å². The average molecular weight is 348 g/mol. The molecule has 2 rings (SSSR count). The molecule has 0 aliphatic heterocycles. The van der Waals surface area contributed by atoms with E-state index in [2.05, 4.69) is 5.32 Å². The second kappa shape index (κ2) is 6.42. The summed E-state index contributed by atoms with van der Waals surface area (Å²) in [4.78, 5) is 23.3. The molecular weight excluding hydrogens is 332 g/mol. The number of carbonyl (C=O) groups excluding carboxylic acids is 1. The Kier molecular flexibility index (Phi) is 4.97. The second-order valence-electron chi connectivity index (χ2n) is 5.69. The van der Waals surface area contributed by atoms with Crippen LogP contribution in [0.15, 0.2) is 12.1 Å². The maximum atomic E-state index is 13.5. The number of nitrogens with one attached hydrogen (secondary N) is 1. The van der Waals surface area contributed by atoms with Crippen molar-refractivity contribution in [1.29, 1.82) is 0 Å². The monoisotopic (exact) mass is 347 g/mol. The molecule has 0 radical (unpaired) electrons. The minimum atomic E-state index is -0.959. The molecular formula is C15H16Cl2FNO3. The lowest BCUT2D eigenvalue weighted by Gasteiger charge is -2.37. The lowest BCUT2D eigenvalue weighted by Crippen LogP contribution is -2.43. The van der Waals surface area contributed by atoms with Gasteiger partial charge in [0.15, 0.2) is 0 Å². The van der Waals surface area contributed by atoms with Crippen LogP contribution in [0.4, 0.5) is 4.39 Å². The van der Waals surface area contributed by atoms with Gasteiger partial charge in [0.2, 0.25) is 5.91 Å². The minimum absolute atomic E-state index is 0.0830. The van der Waals surface area contributed by atoms with E-state index in [0.29, 0.717) is 18.4 Å². The molecule has 7 heteroatoms. The maximum Gasteiger partial charge on any atom is 0.310 e. The highest BCUT2D eigenvalue weighted by Gasteiger charge is 2.46. The number of carboxylic acids is 1. The molecule has 4 nitrogen and oxygen atoms in total. The van der Waals surface area contributed by atoms with Crippen LogP contribution in [-0.2, 0) is 9.59 Å². The van der Waals surface area contributed by atoms with Gasteiger partial charge in [-0.05, 0) is 37.5 Å². The summed E-state index contributed by atoms with van der Waals surface area (Å²) in [6, 6.07) is 1.91. The van der Waals surface area contributed by atoms with Crippen molar-refractivity contribution in [3.05, 3.63) is 33.6 Å². The van der Waals surface area contributed by atoms with Crippen molar-refractivity contribution in [2.45, 2.75) is 38.6 Å². The predicted octanol–water partition coefficient (Wildman–Crippen LogP) is 3.95. The standard InChI is InChI=1S/C15H16Cl2FNO3/c1-8(9-5-12(18)11(17)6-10(9)16)19-13(20)7-15(14(21)22)3-2-4-15/h5-6,8H,2-4,7H2,1H3,(H,19,20)(H,21,22). The number of carboxylic acid groups (broad SMARTS) is 1. The van der Waals surface area contributed by atoms with E-state index in [9.17, 15) is 19.1 Å². The molecule has 1 amide bonds. The molecule has 0 saturated heterocycles. The largest absolute Gasteiger partial charge is 0.481 e. The summed E-state index contributed by atoms with van der Waals surface area (Å²) >= 11 is 11.6. The zero-order valence-corrected chi connectivity index (χ0v) is 13.5. The highest BCUT2D eigenvalue weighted by atomic mass is 35.5. The number of carbonyl (C=O) groups is 2. The van der Waals surface area contributed by atoms with E-state index in [1.165, 1.54) is 12.1 Å². The third-order valence-corrected chi connectivity index (χ3v) is 4.76. The summed E-state index contributed by atoms with van der Waals surface area (Å²) < 4.78 is 13.5. The van der Waals surface area contributed by atoms with E-state index >= 15 is 0 Å². The number of hydrogen-bond donors (Lipinski definition) is 2. The van der Waals surface area contributed by atoms with Gasteiger partial charge < -0.3 is 10.4 Å². The van der Waals surface area contributed by atoms with E-state index in [-0.39, 0.29) is 22.4 Å². The number of rotatable bonds is 5. The van der Waals surface area contributed by atoms with Gasteiger partial charge in [-0.25, -0.2) is 4.39 Å². The van der Waals surface area contributed by atoms with Crippen LogP contribution < -0.4 is 5.32 Å². The number of aliphatic carboxylic acids is 1. The van der Waals surface area contributed by atoms with Gasteiger partial charge in [-0.15, -0.1) is 0 Å². The Morgan fingerprint density at radius 3 is 2.50 bits per heavy atom. The summed E-state index contributed by atoms with van der Waals surface area (Å²) in [6.07, 6.45) is 1.73. The fraction of sp³-hybridized carbons (Fsp3) is 0.467. The molecule has 1 atom stereocenters. The lowest BCUT2D eigenvalue weighted by molar-refractivity contribution is -0.157. The molecule has 0 spiro atoms. The van der Waals surface area contributed by atoms with Crippen molar-refractivity contribution >= 4 is 35.1 Å². The summed E-state index contributed by atoms with van der Waals surface area (Å²) in [5.41, 5.74) is -0.561. The predicted molar refractivity (Wildman–Crippen MR) is 81.5 cm³/mol. The summed E-state index contributed by atoms with van der Waals surface area (Å²) in [5.74, 6) is -1.96. The minimum Gasteiger partial charge on any atom is -0.481 e. The molecule has 1 aromatic carbocycles. The third-order valence-electron chi connectivity index (χ3n) is 4.15. The average Bonchev–Trinajstić information content (AvgIpc) is 2.37. The molecule has 1 unspecified atom stereocenters. The quantitative estimate of drug-likeness (QED) is 0.792. The molecule has 2 N–H and O–H groups in total. The fourth-order valence-corrected chi connectivity index (χ4v) is 3.16. The molecule has 120 valence electrons. The van der Waals surface area contributed by atoms with E-state index in [1.54, 1.807) is 6.92 Å². The van der Waals surface area contributed by atoms with E-state index in [4.69, 9.17) is 23.2 Å². The number of benzene rings is 1. The van der Waals surface area contributed by atoms with E-state index < -0.39 is 23.2 Å². The molecule has 0 aromatic heterocycles. The Bertz CT molecular complexity index is 617. The first-order chi connectivity index (χ1) is 10.2.